The van der Waals surface area contributed by atoms with Gasteiger partial charge in [-0.25, -0.2) is 0 Å². The van der Waals surface area contributed by atoms with Gasteiger partial charge in [0.05, 0.1) is 0 Å². The number of piperazine rings is 1. The quantitative estimate of drug-likeness (QED) is 0.852. The summed E-state index contributed by atoms with van der Waals surface area (Å²) in [4.78, 5) is 8.97. The highest BCUT2D eigenvalue weighted by Crippen LogP contribution is 2.14. The molecule has 2 N–H and O–H groups in total. The van der Waals surface area contributed by atoms with Crippen molar-refractivity contribution in [3.63, 3.8) is 0 Å². The predicted octanol–water partition coefficient (Wildman–Crippen LogP) is 1.19. The molecule has 1 fully saturated rings. The lowest BCUT2D eigenvalue weighted by Gasteiger charge is -2.31. The second-order valence-electron chi connectivity index (χ2n) is 5.52. The summed E-state index contributed by atoms with van der Waals surface area (Å²) < 4.78 is 5.35. The van der Waals surface area contributed by atoms with E-state index in [1.165, 1.54) is 5.56 Å². The van der Waals surface area contributed by atoms with E-state index in [1.807, 2.05) is 18.2 Å². The molecule has 1 aromatic heterocycles. The molecule has 21 heavy (non-hydrogen) atoms. The van der Waals surface area contributed by atoms with E-state index in [2.05, 4.69) is 33.1 Å². The van der Waals surface area contributed by atoms with Crippen LogP contribution in [0.1, 0.15) is 11.5 Å². The monoisotopic (exact) mass is 287 g/mol. The maximum Gasteiger partial charge on any atom is 0.266 e. The molecule has 1 aliphatic heterocycles. The van der Waals surface area contributed by atoms with Gasteiger partial charge in [0.2, 0.25) is 5.89 Å². The summed E-state index contributed by atoms with van der Waals surface area (Å²) in [5.41, 5.74) is 7.76. The average molecular weight is 287 g/mol. The van der Waals surface area contributed by atoms with E-state index in [9.17, 15) is 0 Å². The van der Waals surface area contributed by atoms with Crippen molar-refractivity contribution in [3.05, 3.63) is 35.7 Å². The molecule has 0 amide bonds. The Labute approximate surface area is 124 Å². The first-order chi connectivity index (χ1) is 10.2. The van der Waals surface area contributed by atoms with Crippen LogP contribution in [-0.2, 0) is 12.8 Å². The van der Waals surface area contributed by atoms with E-state index >= 15 is 0 Å². The fourth-order valence-corrected chi connectivity index (χ4v) is 2.48. The van der Waals surface area contributed by atoms with Crippen LogP contribution in [0.5, 0.6) is 0 Å². The van der Waals surface area contributed by atoms with Crippen molar-refractivity contribution in [2.24, 2.45) is 0 Å². The highest BCUT2D eigenvalue weighted by Gasteiger charge is 2.18. The fraction of sp³-hybridized carbons (Fsp3) is 0.467. The number of hydrogen-bond acceptors (Lipinski definition) is 6. The molecule has 1 saturated heterocycles. The van der Waals surface area contributed by atoms with Crippen LogP contribution in [0.2, 0.25) is 0 Å². The van der Waals surface area contributed by atoms with Crippen molar-refractivity contribution in [1.82, 2.24) is 15.0 Å². The van der Waals surface area contributed by atoms with Gasteiger partial charge >= 0.3 is 0 Å². The maximum absolute atomic E-state index is 5.78. The molecule has 112 valence electrons. The standard InChI is InChI=1S/C15H21N5O/c1-19-7-9-20(10-8-19)15-17-14(21-18-15)6-5-12-3-2-4-13(16)11-12/h2-4,11H,5-10,16H2,1H3. The van der Waals surface area contributed by atoms with Gasteiger partial charge in [-0.15, -0.1) is 0 Å². The predicted molar refractivity (Wildman–Crippen MR) is 82.3 cm³/mol. The molecule has 0 atom stereocenters. The highest BCUT2D eigenvalue weighted by molar-refractivity contribution is 5.40. The molecule has 0 unspecified atom stereocenters. The van der Waals surface area contributed by atoms with Crippen molar-refractivity contribution in [1.29, 1.82) is 0 Å². The molecule has 0 bridgehead atoms. The number of aromatic nitrogens is 2. The minimum Gasteiger partial charge on any atom is -0.399 e. The Balaban J connectivity index is 1.58. The van der Waals surface area contributed by atoms with Crippen LogP contribution < -0.4 is 10.6 Å². The van der Waals surface area contributed by atoms with Gasteiger partial charge in [-0.1, -0.05) is 12.1 Å². The van der Waals surface area contributed by atoms with Crippen molar-refractivity contribution < 1.29 is 4.52 Å². The number of rotatable bonds is 4. The van der Waals surface area contributed by atoms with Gasteiger partial charge in [-0.2, -0.15) is 4.98 Å². The topological polar surface area (TPSA) is 71.4 Å². The third kappa shape index (κ3) is 3.52. The molecule has 2 heterocycles. The van der Waals surface area contributed by atoms with Gasteiger partial charge < -0.3 is 20.1 Å². The third-order valence-electron chi connectivity index (χ3n) is 3.82. The number of nitrogens with zero attached hydrogens (tertiary/aromatic N) is 4. The Kier molecular flexibility index (Phi) is 4.06. The second kappa shape index (κ2) is 6.13. The number of benzene rings is 1. The Morgan fingerprint density at radius 2 is 2.00 bits per heavy atom. The molecule has 0 saturated carbocycles. The van der Waals surface area contributed by atoms with E-state index in [-0.39, 0.29) is 0 Å². The Bertz CT molecular complexity index is 589. The van der Waals surface area contributed by atoms with Crippen LogP contribution in [0, 0.1) is 0 Å². The molecular weight excluding hydrogens is 266 g/mol. The van der Waals surface area contributed by atoms with E-state index in [1.54, 1.807) is 0 Å². The minimum atomic E-state index is 0.686. The fourth-order valence-electron chi connectivity index (χ4n) is 2.48. The molecule has 1 aliphatic rings. The number of nitrogen functional groups attached to an aromatic ring is 1. The molecule has 1 aromatic carbocycles. The number of likely N-dealkylation sites (N-methyl/N-ethyl adjacent to an activating group) is 1. The van der Waals surface area contributed by atoms with Crippen LogP contribution in [0.4, 0.5) is 11.6 Å². The van der Waals surface area contributed by atoms with E-state index in [0.29, 0.717) is 11.8 Å². The Morgan fingerprint density at radius 1 is 1.19 bits per heavy atom. The lowest BCUT2D eigenvalue weighted by Crippen LogP contribution is -2.44. The van der Waals surface area contributed by atoms with Crippen molar-refractivity contribution in [3.8, 4) is 0 Å². The minimum absolute atomic E-state index is 0.686. The summed E-state index contributed by atoms with van der Waals surface area (Å²) in [5, 5.41) is 4.09. The van der Waals surface area contributed by atoms with Gasteiger partial charge in [0, 0.05) is 38.3 Å². The number of nitrogens with two attached hydrogens (primary N) is 1. The summed E-state index contributed by atoms with van der Waals surface area (Å²) in [6.07, 6.45) is 1.60. The van der Waals surface area contributed by atoms with Crippen LogP contribution in [0.15, 0.2) is 28.8 Å². The van der Waals surface area contributed by atoms with E-state index in [4.69, 9.17) is 10.3 Å². The zero-order chi connectivity index (χ0) is 14.7. The highest BCUT2D eigenvalue weighted by atomic mass is 16.5. The number of anilines is 2. The number of hydrogen-bond donors (Lipinski definition) is 1. The van der Waals surface area contributed by atoms with Crippen molar-refractivity contribution >= 4 is 11.6 Å². The molecule has 0 radical (unpaired) electrons. The molecule has 3 rings (SSSR count). The zero-order valence-electron chi connectivity index (χ0n) is 12.3. The Morgan fingerprint density at radius 3 is 2.76 bits per heavy atom. The van der Waals surface area contributed by atoms with Crippen LogP contribution in [0.3, 0.4) is 0 Å². The van der Waals surface area contributed by atoms with Crippen LogP contribution >= 0.6 is 0 Å². The van der Waals surface area contributed by atoms with E-state index < -0.39 is 0 Å². The van der Waals surface area contributed by atoms with Crippen molar-refractivity contribution in [2.45, 2.75) is 12.8 Å². The average Bonchev–Trinajstić information content (AvgIpc) is 2.95. The summed E-state index contributed by atoms with van der Waals surface area (Å²) in [7, 11) is 2.13. The molecule has 2 aromatic rings. The van der Waals surface area contributed by atoms with Crippen molar-refractivity contribution in [2.75, 3.05) is 43.9 Å². The van der Waals surface area contributed by atoms with Gasteiger partial charge in [-0.3, -0.25) is 0 Å². The lowest BCUT2D eigenvalue weighted by atomic mass is 10.1. The van der Waals surface area contributed by atoms with Gasteiger partial charge in [0.15, 0.2) is 0 Å². The molecular formula is C15H21N5O. The first kappa shape index (κ1) is 13.9. The van der Waals surface area contributed by atoms with Gasteiger partial charge in [0.25, 0.3) is 5.95 Å². The van der Waals surface area contributed by atoms with Gasteiger partial charge in [0.1, 0.15) is 0 Å². The molecule has 0 aliphatic carbocycles. The smallest absolute Gasteiger partial charge is 0.266 e. The largest absolute Gasteiger partial charge is 0.399 e. The third-order valence-corrected chi connectivity index (χ3v) is 3.82. The summed E-state index contributed by atoms with van der Waals surface area (Å²) in [6, 6.07) is 7.90. The first-order valence-electron chi connectivity index (χ1n) is 7.31. The first-order valence-corrected chi connectivity index (χ1v) is 7.31. The lowest BCUT2D eigenvalue weighted by molar-refractivity contribution is 0.308. The summed E-state index contributed by atoms with van der Waals surface area (Å²) in [5.74, 6) is 1.40. The zero-order valence-corrected chi connectivity index (χ0v) is 12.3. The Hall–Kier alpha value is -2.08. The summed E-state index contributed by atoms with van der Waals surface area (Å²) in [6.45, 7) is 3.97. The SMILES string of the molecule is CN1CCN(c2noc(CCc3cccc(N)c3)n2)CC1. The summed E-state index contributed by atoms with van der Waals surface area (Å²) >= 11 is 0. The second-order valence-corrected chi connectivity index (χ2v) is 5.52. The maximum atomic E-state index is 5.78. The number of aryl methyl sites for hydroxylation is 2. The molecule has 6 nitrogen and oxygen atoms in total. The van der Waals surface area contributed by atoms with E-state index in [0.717, 1.165) is 44.7 Å². The normalized spacial score (nSPS) is 16.3. The van der Waals surface area contributed by atoms with Crippen LogP contribution in [0.25, 0.3) is 0 Å². The van der Waals surface area contributed by atoms with Crippen LogP contribution in [-0.4, -0.2) is 48.3 Å². The molecule has 0 spiro atoms. The van der Waals surface area contributed by atoms with Gasteiger partial charge in [-0.05, 0) is 36.3 Å². The molecule has 6 heteroatoms.